The Morgan fingerprint density at radius 3 is 2.69 bits per heavy atom. The standard InChI is InChI=1S/C22H22ClFN2/c1-3-15(16-4-7-18(24)8-5-16)13-26-21-9-6-17(23)12-19(21)20-14-25(2)11-10-22(20)26/h4-9,12-13H,3,10-11,14H2,1-2H3. The van der Waals surface area contributed by atoms with E-state index in [1.807, 2.05) is 18.2 Å². The van der Waals surface area contributed by atoms with E-state index in [0.29, 0.717) is 0 Å². The van der Waals surface area contributed by atoms with Gasteiger partial charge in [-0.15, -0.1) is 0 Å². The summed E-state index contributed by atoms with van der Waals surface area (Å²) < 4.78 is 15.6. The Morgan fingerprint density at radius 1 is 1.19 bits per heavy atom. The van der Waals surface area contributed by atoms with Crippen molar-refractivity contribution in [3.05, 3.63) is 70.1 Å². The van der Waals surface area contributed by atoms with Crippen molar-refractivity contribution in [3.8, 4) is 0 Å². The molecule has 0 amide bonds. The summed E-state index contributed by atoms with van der Waals surface area (Å²) in [4.78, 5) is 2.34. The molecule has 134 valence electrons. The van der Waals surface area contributed by atoms with Crippen molar-refractivity contribution in [2.75, 3.05) is 13.6 Å². The molecule has 0 fully saturated rings. The van der Waals surface area contributed by atoms with Crippen LogP contribution in [-0.2, 0) is 13.0 Å². The smallest absolute Gasteiger partial charge is 0.123 e. The van der Waals surface area contributed by atoms with Crippen molar-refractivity contribution in [3.63, 3.8) is 0 Å². The molecule has 2 heterocycles. The molecule has 26 heavy (non-hydrogen) atoms. The highest BCUT2D eigenvalue weighted by Crippen LogP contribution is 2.34. The SMILES string of the molecule is CCC(=Cn1c2c(c3cc(Cl)ccc31)CN(C)CC2)c1ccc(F)cc1. The van der Waals surface area contributed by atoms with Crippen LogP contribution in [0.15, 0.2) is 42.5 Å². The fourth-order valence-corrected chi connectivity index (χ4v) is 4.01. The van der Waals surface area contributed by atoms with Crippen LogP contribution in [0.4, 0.5) is 4.39 Å². The summed E-state index contributed by atoms with van der Waals surface area (Å²) in [5.41, 5.74) is 6.16. The number of rotatable bonds is 3. The van der Waals surface area contributed by atoms with Crippen LogP contribution < -0.4 is 0 Å². The Hall–Kier alpha value is -2.10. The lowest BCUT2D eigenvalue weighted by Crippen LogP contribution is -2.26. The fourth-order valence-electron chi connectivity index (χ4n) is 3.84. The van der Waals surface area contributed by atoms with E-state index in [1.165, 1.54) is 39.9 Å². The maximum atomic E-state index is 13.3. The van der Waals surface area contributed by atoms with Gasteiger partial charge in [-0.05, 0) is 60.5 Å². The van der Waals surface area contributed by atoms with Gasteiger partial charge in [-0.1, -0.05) is 30.7 Å². The summed E-state index contributed by atoms with van der Waals surface area (Å²) in [6, 6.07) is 12.9. The van der Waals surface area contributed by atoms with Gasteiger partial charge in [-0.2, -0.15) is 0 Å². The van der Waals surface area contributed by atoms with Crippen LogP contribution in [0.5, 0.6) is 0 Å². The minimum atomic E-state index is -0.203. The molecule has 0 N–H and O–H groups in total. The Bertz CT molecular complexity index is 986. The highest BCUT2D eigenvalue weighted by molar-refractivity contribution is 6.31. The summed E-state index contributed by atoms with van der Waals surface area (Å²) in [5, 5.41) is 1.99. The van der Waals surface area contributed by atoms with Crippen LogP contribution in [-0.4, -0.2) is 23.1 Å². The van der Waals surface area contributed by atoms with Gasteiger partial charge in [0.25, 0.3) is 0 Å². The molecule has 0 atom stereocenters. The summed E-state index contributed by atoms with van der Waals surface area (Å²) in [6.07, 6.45) is 4.11. The molecule has 4 heteroatoms. The second kappa shape index (κ2) is 6.90. The third-order valence-corrected chi connectivity index (χ3v) is 5.46. The summed E-state index contributed by atoms with van der Waals surface area (Å²) >= 11 is 6.28. The Labute approximate surface area is 158 Å². The number of aromatic nitrogens is 1. The Kier molecular flexibility index (Phi) is 4.60. The van der Waals surface area contributed by atoms with Crippen molar-refractivity contribution >= 4 is 34.3 Å². The summed E-state index contributed by atoms with van der Waals surface area (Å²) in [6.45, 7) is 4.12. The normalized spacial score (nSPS) is 15.5. The molecule has 0 bridgehead atoms. The number of halogens is 2. The third kappa shape index (κ3) is 3.06. The topological polar surface area (TPSA) is 8.17 Å². The van der Waals surface area contributed by atoms with Gasteiger partial charge in [0.1, 0.15) is 5.82 Å². The molecule has 0 aliphatic carbocycles. The minimum Gasteiger partial charge on any atom is -0.320 e. The van der Waals surface area contributed by atoms with Gasteiger partial charge in [-0.25, -0.2) is 4.39 Å². The van der Waals surface area contributed by atoms with Gasteiger partial charge in [0, 0.05) is 41.8 Å². The van der Waals surface area contributed by atoms with E-state index in [4.69, 9.17) is 11.6 Å². The first-order valence-corrected chi connectivity index (χ1v) is 9.41. The van der Waals surface area contributed by atoms with E-state index in [9.17, 15) is 4.39 Å². The molecule has 0 spiro atoms. The van der Waals surface area contributed by atoms with Gasteiger partial charge in [0.05, 0.1) is 5.52 Å². The maximum Gasteiger partial charge on any atom is 0.123 e. The first-order chi connectivity index (χ1) is 12.6. The molecule has 0 saturated heterocycles. The molecule has 0 radical (unpaired) electrons. The fraction of sp³-hybridized carbons (Fsp3) is 0.273. The van der Waals surface area contributed by atoms with Gasteiger partial charge in [0.15, 0.2) is 0 Å². The number of likely N-dealkylation sites (N-methyl/N-ethyl adjacent to an activating group) is 1. The van der Waals surface area contributed by atoms with Gasteiger partial charge in [0.2, 0.25) is 0 Å². The lowest BCUT2D eigenvalue weighted by atomic mass is 10.0. The zero-order valence-electron chi connectivity index (χ0n) is 15.1. The molecule has 1 aliphatic rings. The quantitative estimate of drug-likeness (QED) is 0.564. The van der Waals surface area contributed by atoms with Crippen molar-refractivity contribution in [2.24, 2.45) is 0 Å². The predicted octanol–water partition coefficient (Wildman–Crippen LogP) is 5.83. The van der Waals surface area contributed by atoms with Crippen LogP contribution in [0.25, 0.3) is 22.7 Å². The molecular formula is C22H22ClFN2. The molecule has 4 rings (SSSR count). The van der Waals surface area contributed by atoms with Crippen LogP contribution in [0.1, 0.15) is 30.2 Å². The first-order valence-electron chi connectivity index (χ1n) is 9.03. The Balaban J connectivity index is 1.91. The second-order valence-corrected chi connectivity index (χ2v) is 7.40. The molecule has 3 aromatic rings. The third-order valence-electron chi connectivity index (χ3n) is 5.22. The molecule has 2 nitrogen and oxygen atoms in total. The number of hydrogen-bond donors (Lipinski definition) is 0. The van der Waals surface area contributed by atoms with Crippen molar-refractivity contribution in [2.45, 2.75) is 26.3 Å². The summed E-state index contributed by atoms with van der Waals surface area (Å²) in [5.74, 6) is -0.203. The molecule has 0 unspecified atom stereocenters. The van der Waals surface area contributed by atoms with E-state index < -0.39 is 0 Å². The largest absolute Gasteiger partial charge is 0.320 e. The van der Waals surface area contributed by atoms with E-state index in [0.717, 1.165) is 36.5 Å². The van der Waals surface area contributed by atoms with E-state index in [1.54, 1.807) is 0 Å². The van der Waals surface area contributed by atoms with Crippen molar-refractivity contribution in [1.29, 1.82) is 0 Å². The second-order valence-electron chi connectivity index (χ2n) is 6.96. The van der Waals surface area contributed by atoms with Gasteiger partial charge in [-0.3, -0.25) is 0 Å². The number of benzene rings is 2. The highest BCUT2D eigenvalue weighted by Gasteiger charge is 2.22. The first kappa shape index (κ1) is 17.3. The molecule has 1 aliphatic heterocycles. The lowest BCUT2D eigenvalue weighted by molar-refractivity contribution is 0.312. The average Bonchev–Trinajstić information content (AvgIpc) is 2.93. The van der Waals surface area contributed by atoms with Crippen molar-refractivity contribution in [1.82, 2.24) is 9.47 Å². The van der Waals surface area contributed by atoms with Crippen LogP contribution >= 0.6 is 11.6 Å². The monoisotopic (exact) mass is 368 g/mol. The molecular weight excluding hydrogens is 347 g/mol. The van der Waals surface area contributed by atoms with Crippen LogP contribution in [0.2, 0.25) is 5.02 Å². The minimum absolute atomic E-state index is 0.203. The van der Waals surface area contributed by atoms with E-state index in [2.05, 4.69) is 41.8 Å². The maximum absolute atomic E-state index is 13.3. The number of nitrogens with zero attached hydrogens (tertiary/aromatic N) is 2. The number of fused-ring (bicyclic) bond motifs is 3. The summed E-state index contributed by atoms with van der Waals surface area (Å²) in [7, 11) is 2.16. The molecule has 2 aromatic carbocycles. The molecule has 0 saturated carbocycles. The van der Waals surface area contributed by atoms with Crippen LogP contribution in [0.3, 0.4) is 0 Å². The van der Waals surface area contributed by atoms with Gasteiger partial charge >= 0.3 is 0 Å². The van der Waals surface area contributed by atoms with E-state index >= 15 is 0 Å². The van der Waals surface area contributed by atoms with Crippen LogP contribution in [0, 0.1) is 5.82 Å². The lowest BCUT2D eigenvalue weighted by Gasteiger charge is -2.23. The average molecular weight is 369 g/mol. The zero-order valence-corrected chi connectivity index (χ0v) is 15.9. The predicted molar refractivity (Wildman–Crippen MR) is 108 cm³/mol. The number of hydrogen-bond acceptors (Lipinski definition) is 1. The Morgan fingerprint density at radius 2 is 1.96 bits per heavy atom. The number of allylic oxidation sites excluding steroid dienone is 1. The van der Waals surface area contributed by atoms with E-state index in [-0.39, 0.29) is 5.82 Å². The molecule has 1 aromatic heterocycles. The van der Waals surface area contributed by atoms with Crippen molar-refractivity contribution < 1.29 is 4.39 Å². The highest BCUT2D eigenvalue weighted by atomic mass is 35.5. The zero-order chi connectivity index (χ0) is 18.3. The van der Waals surface area contributed by atoms with Gasteiger partial charge < -0.3 is 9.47 Å².